The van der Waals surface area contributed by atoms with Gasteiger partial charge in [0.15, 0.2) is 0 Å². The van der Waals surface area contributed by atoms with Gasteiger partial charge in [0, 0.05) is 45.4 Å². The maximum Gasteiger partial charge on any atom is 0.137 e. The van der Waals surface area contributed by atoms with Crippen LogP contribution in [0.2, 0.25) is 0 Å². The van der Waals surface area contributed by atoms with Gasteiger partial charge in [0.25, 0.3) is 0 Å². The van der Waals surface area contributed by atoms with Gasteiger partial charge < -0.3 is 9.32 Å². The van der Waals surface area contributed by atoms with Crippen LogP contribution in [-0.4, -0.2) is 4.98 Å². The minimum Gasteiger partial charge on any atom is -0.456 e. The molecule has 244 valence electrons. The van der Waals surface area contributed by atoms with E-state index in [-0.39, 0.29) is 5.41 Å². The topological polar surface area (TPSA) is 29.3 Å². The molecule has 2 aliphatic rings. The fourth-order valence-corrected chi connectivity index (χ4v) is 8.36. The first kappa shape index (κ1) is 29.7. The minimum atomic E-state index is -0.151. The van der Waals surface area contributed by atoms with E-state index < -0.39 is 0 Å². The first-order valence-electron chi connectivity index (χ1n) is 17.9. The second-order valence-electron chi connectivity index (χ2n) is 14.3. The van der Waals surface area contributed by atoms with E-state index in [0.717, 1.165) is 62.7 Å². The first-order valence-corrected chi connectivity index (χ1v) is 17.9. The zero-order valence-corrected chi connectivity index (χ0v) is 28.7. The molecule has 3 heteroatoms. The molecule has 2 aromatic heterocycles. The third-order valence-electron chi connectivity index (χ3n) is 10.9. The van der Waals surface area contributed by atoms with Crippen LogP contribution in [0.15, 0.2) is 162 Å². The van der Waals surface area contributed by atoms with Crippen LogP contribution >= 0.6 is 0 Å². The Hall–Kier alpha value is -6.19. The van der Waals surface area contributed by atoms with Gasteiger partial charge in [-0.3, -0.25) is 4.98 Å². The van der Waals surface area contributed by atoms with Crippen molar-refractivity contribution in [2.24, 2.45) is 0 Å². The maximum absolute atomic E-state index is 6.60. The van der Waals surface area contributed by atoms with Gasteiger partial charge in [-0.2, -0.15) is 0 Å². The lowest BCUT2D eigenvalue weighted by molar-refractivity contribution is 0.660. The number of nitrogens with zero attached hydrogens (tertiary/aromatic N) is 2. The highest BCUT2D eigenvalue weighted by atomic mass is 16.3. The van der Waals surface area contributed by atoms with Crippen LogP contribution in [0.1, 0.15) is 43.4 Å². The summed E-state index contributed by atoms with van der Waals surface area (Å²) in [7, 11) is 0. The number of allylic oxidation sites excluding steroid dienone is 4. The van der Waals surface area contributed by atoms with Gasteiger partial charge in [0.1, 0.15) is 11.2 Å². The number of hydrogen-bond donors (Lipinski definition) is 0. The summed E-state index contributed by atoms with van der Waals surface area (Å²) >= 11 is 0. The van der Waals surface area contributed by atoms with Crippen LogP contribution in [0.5, 0.6) is 0 Å². The van der Waals surface area contributed by atoms with Crippen LogP contribution in [0.4, 0.5) is 17.1 Å². The lowest BCUT2D eigenvalue weighted by atomic mass is 9.81. The molecule has 8 aromatic rings. The van der Waals surface area contributed by atoms with E-state index in [4.69, 9.17) is 9.40 Å². The van der Waals surface area contributed by atoms with Crippen LogP contribution < -0.4 is 4.90 Å². The molecule has 0 saturated heterocycles. The molecule has 0 radical (unpaired) electrons. The van der Waals surface area contributed by atoms with Gasteiger partial charge in [0.2, 0.25) is 0 Å². The molecule has 6 aromatic carbocycles. The molecular weight excluding hydrogens is 621 g/mol. The molecule has 10 rings (SSSR count). The average Bonchev–Trinajstić information content (AvgIpc) is 3.67. The molecule has 0 N–H and O–H groups in total. The third-order valence-corrected chi connectivity index (χ3v) is 10.9. The van der Waals surface area contributed by atoms with Gasteiger partial charge in [-0.15, -0.1) is 0 Å². The molecule has 2 heterocycles. The standard InChI is InChI=1S/C48H36N2O/c1-48(2)41-18-10-9-17-37(41)40-29-39(33-14-7-4-8-15-33)43(30-42(40)48)50(35-22-19-32(20-23-35)31-12-5-3-6-13-31)36-24-25-38-45(28-36)51-44-26-21-34-16-11-27-49-47(34)46(38)44/h4-5,7-30H,3,6H2,1-2H3. The summed E-state index contributed by atoms with van der Waals surface area (Å²) < 4.78 is 6.60. The Labute approximate surface area is 297 Å². The molecule has 0 spiro atoms. The van der Waals surface area contributed by atoms with Gasteiger partial charge >= 0.3 is 0 Å². The van der Waals surface area contributed by atoms with E-state index in [0.29, 0.717) is 0 Å². The van der Waals surface area contributed by atoms with Crippen molar-refractivity contribution in [3.63, 3.8) is 0 Å². The van der Waals surface area contributed by atoms with Crippen LogP contribution in [0.3, 0.4) is 0 Å². The first-order chi connectivity index (χ1) is 25.0. The fraction of sp³-hybridized carbons (Fsp3) is 0.104. The van der Waals surface area contributed by atoms with Crippen molar-refractivity contribution in [3.05, 3.63) is 175 Å². The molecule has 0 bridgehead atoms. The molecular formula is C48H36N2O. The summed E-state index contributed by atoms with van der Waals surface area (Å²) in [6.45, 7) is 4.71. The normalized spacial score (nSPS) is 14.5. The van der Waals surface area contributed by atoms with Crippen molar-refractivity contribution in [3.8, 4) is 22.3 Å². The van der Waals surface area contributed by atoms with E-state index >= 15 is 0 Å². The molecule has 0 amide bonds. The Kier molecular flexibility index (Phi) is 6.66. The average molecular weight is 657 g/mol. The monoisotopic (exact) mass is 656 g/mol. The van der Waals surface area contributed by atoms with E-state index in [1.807, 2.05) is 12.3 Å². The third kappa shape index (κ3) is 4.69. The lowest BCUT2D eigenvalue weighted by Gasteiger charge is -2.30. The van der Waals surface area contributed by atoms with E-state index in [2.05, 4.69) is 164 Å². The Balaban J connectivity index is 1.23. The summed E-state index contributed by atoms with van der Waals surface area (Å²) in [6.07, 6.45) is 10.9. The predicted octanol–water partition coefficient (Wildman–Crippen LogP) is 13.3. The van der Waals surface area contributed by atoms with Crippen molar-refractivity contribution >= 4 is 55.5 Å². The summed E-state index contributed by atoms with van der Waals surface area (Å²) in [5.41, 5.74) is 16.0. The largest absolute Gasteiger partial charge is 0.456 e. The summed E-state index contributed by atoms with van der Waals surface area (Å²) in [5.74, 6) is 0. The number of furan rings is 1. The zero-order chi connectivity index (χ0) is 34.1. The van der Waals surface area contributed by atoms with Crippen molar-refractivity contribution in [1.29, 1.82) is 0 Å². The second-order valence-corrected chi connectivity index (χ2v) is 14.3. The molecule has 0 atom stereocenters. The highest BCUT2D eigenvalue weighted by Gasteiger charge is 2.37. The van der Waals surface area contributed by atoms with Gasteiger partial charge in [-0.25, -0.2) is 0 Å². The maximum atomic E-state index is 6.60. The second kappa shape index (κ2) is 11.4. The molecule has 2 aliphatic carbocycles. The number of fused-ring (bicyclic) bond motifs is 8. The Morgan fingerprint density at radius 2 is 1.45 bits per heavy atom. The van der Waals surface area contributed by atoms with Crippen LogP contribution in [-0.2, 0) is 5.41 Å². The van der Waals surface area contributed by atoms with Crippen molar-refractivity contribution < 1.29 is 4.42 Å². The molecule has 51 heavy (non-hydrogen) atoms. The van der Waals surface area contributed by atoms with Crippen LogP contribution in [0.25, 0.3) is 60.7 Å². The number of rotatable bonds is 5. The minimum absolute atomic E-state index is 0.151. The van der Waals surface area contributed by atoms with Crippen molar-refractivity contribution in [1.82, 2.24) is 4.98 Å². The summed E-state index contributed by atoms with van der Waals surface area (Å²) in [4.78, 5) is 7.18. The highest BCUT2D eigenvalue weighted by molar-refractivity contribution is 6.17. The smallest absolute Gasteiger partial charge is 0.137 e. The molecule has 0 aliphatic heterocycles. The molecule has 0 unspecified atom stereocenters. The zero-order valence-electron chi connectivity index (χ0n) is 28.7. The lowest BCUT2D eigenvalue weighted by Crippen LogP contribution is -2.17. The fourth-order valence-electron chi connectivity index (χ4n) is 8.36. The van der Waals surface area contributed by atoms with Gasteiger partial charge in [-0.05, 0) is 106 Å². The predicted molar refractivity (Wildman–Crippen MR) is 213 cm³/mol. The van der Waals surface area contributed by atoms with Crippen molar-refractivity contribution in [2.75, 3.05) is 4.90 Å². The molecule has 0 saturated carbocycles. The van der Waals surface area contributed by atoms with E-state index in [1.165, 1.54) is 44.5 Å². The van der Waals surface area contributed by atoms with Gasteiger partial charge in [0.05, 0.1) is 16.6 Å². The number of hydrogen-bond acceptors (Lipinski definition) is 3. The highest BCUT2D eigenvalue weighted by Crippen LogP contribution is 2.53. The molecule has 0 fully saturated rings. The van der Waals surface area contributed by atoms with Gasteiger partial charge in [-0.1, -0.05) is 105 Å². The number of aromatic nitrogens is 1. The van der Waals surface area contributed by atoms with E-state index in [1.54, 1.807) is 0 Å². The summed E-state index contributed by atoms with van der Waals surface area (Å²) in [6, 6.07) is 48.5. The Morgan fingerprint density at radius 3 is 2.29 bits per heavy atom. The van der Waals surface area contributed by atoms with E-state index in [9.17, 15) is 0 Å². The Morgan fingerprint density at radius 1 is 0.627 bits per heavy atom. The summed E-state index contributed by atoms with van der Waals surface area (Å²) in [5, 5.41) is 3.23. The quantitative estimate of drug-likeness (QED) is 0.185. The Bertz CT molecular complexity index is 2710. The SMILES string of the molecule is CC1(C)c2ccccc2-c2cc(-c3ccccc3)c(N(c3ccc(C4=CCCC=C4)cc3)c3ccc4c(c3)oc3ccc5cccnc5c34)cc21. The number of benzene rings is 6. The van der Waals surface area contributed by atoms with Crippen molar-refractivity contribution in [2.45, 2.75) is 32.1 Å². The molecule has 3 nitrogen and oxygen atoms in total. The number of pyridine rings is 1. The number of anilines is 3. The van der Waals surface area contributed by atoms with Crippen LogP contribution in [0, 0.1) is 0 Å².